The largest absolute Gasteiger partial charge is 0.325 e. The summed E-state index contributed by atoms with van der Waals surface area (Å²) in [4.78, 5) is 28.8. The lowest BCUT2D eigenvalue weighted by Crippen LogP contribution is -2.14. The van der Waals surface area contributed by atoms with E-state index in [1.165, 1.54) is 39.7 Å². The van der Waals surface area contributed by atoms with Crippen LogP contribution in [-0.4, -0.2) is 26.6 Å². The first-order valence-corrected chi connectivity index (χ1v) is 13.5. The van der Waals surface area contributed by atoms with Crippen molar-refractivity contribution in [3.8, 4) is 10.6 Å². The molecule has 8 heteroatoms. The van der Waals surface area contributed by atoms with Crippen molar-refractivity contribution in [1.82, 2.24) is 15.0 Å². The van der Waals surface area contributed by atoms with E-state index in [2.05, 4.69) is 21.4 Å². The molecule has 0 atom stereocenters. The maximum Gasteiger partial charge on any atom is 0.234 e. The standard InChI is InChI=1S/C25H20N4OS3/c30-21(13-31-24-22-17-5-1-3-7-19(17)32-25(22)27-14-26-24)28-16-11-9-15(10-12-16)23-29-18-6-2-4-8-20(18)33-23/h2,4,6,8-12,14H,1,3,5,7,13H2,(H,28,30). The first-order chi connectivity index (χ1) is 16.2. The summed E-state index contributed by atoms with van der Waals surface area (Å²) in [6, 6.07) is 16.0. The van der Waals surface area contributed by atoms with Crippen molar-refractivity contribution in [3.63, 3.8) is 0 Å². The number of benzene rings is 2. The Bertz CT molecular complexity index is 1440. The molecule has 1 aliphatic rings. The van der Waals surface area contributed by atoms with Crippen molar-refractivity contribution in [2.75, 3.05) is 11.1 Å². The van der Waals surface area contributed by atoms with E-state index in [1.807, 2.05) is 42.5 Å². The monoisotopic (exact) mass is 488 g/mol. The molecule has 0 saturated carbocycles. The summed E-state index contributed by atoms with van der Waals surface area (Å²) in [7, 11) is 0. The Morgan fingerprint density at radius 2 is 1.85 bits per heavy atom. The number of thiazole rings is 1. The number of para-hydroxylation sites is 1. The molecule has 3 aromatic heterocycles. The fourth-order valence-electron chi connectivity index (χ4n) is 4.19. The van der Waals surface area contributed by atoms with E-state index < -0.39 is 0 Å². The number of amides is 1. The molecule has 1 amide bonds. The van der Waals surface area contributed by atoms with Crippen LogP contribution in [-0.2, 0) is 17.6 Å². The minimum atomic E-state index is -0.0383. The lowest BCUT2D eigenvalue weighted by molar-refractivity contribution is -0.113. The maximum atomic E-state index is 12.6. The van der Waals surface area contributed by atoms with E-state index in [-0.39, 0.29) is 5.91 Å². The van der Waals surface area contributed by atoms with E-state index in [0.29, 0.717) is 5.75 Å². The lowest BCUT2D eigenvalue weighted by atomic mass is 9.97. The zero-order valence-electron chi connectivity index (χ0n) is 17.7. The number of carbonyl (C=O) groups excluding carboxylic acids is 1. The summed E-state index contributed by atoms with van der Waals surface area (Å²) < 4.78 is 1.17. The van der Waals surface area contributed by atoms with Crippen LogP contribution < -0.4 is 5.32 Å². The molecule has 3 heterocycles. The van der Waals surface area contributed by atoms with Crippen molar-refractivity contribution in [2.45, 2.75) is 30.7 Å². The van der Waals surface area contributed by atoms with Gasteiger partial charge in [-0.05, 0) is 67.6 Å². The number of rotatable bonds is 5. The Hall–Kier alpha value is -2.81. The molecule has 2 aromatic carbocycles. The maximum absolute atomic E-state index is 12.6. The molecule has 1 aliphatic carbocycles. The Morgan fingerprint density at radius 1 is 1.00 bits per heavy atom. The smallest absolute Gasteiger partial charge is 0.234 e. The second kappa shape index (κ2) is 8.85. The van der Waals surface area contributed by atoms with Crippen molar-refractivity contribution in [3.05, 3.63) is 65.3 Å². The zero-order valence-corrected chi connectivity index (χ0v) is 20.2. The van der Waals surface area contributed by atoms with Crippen LogP contribution in [0.3, 0.4) is 0 Å². The van der Waals surface area contributed by atoms with Crippen molar-refractivity contribution in [2.24, 2.45) is 0 Å². The Morgan fingerprint density at radius 3 is 2.73 bits per heavy atom. The van der Waals surface area contributed by atoms with E-state index >= 15 is 0 Å². The van der Waals surface area contributed by atoms with Crippen molar-refractivity contribution < 1.29 is 4.79 Å². The average Bonchev–Trinajstić information content (AvgIpc) is 3.45. The van der Waals surface area contributed by atoms with Gasteiger partial charge in [-0.1, -0.05) is 23.9 Å². The number of hydrogen-bond donors (Lipinski definition) is 1. The highest BCUT2D eigenvalue weighted by Gasteiger charge is 2.20. The summed E-state index contributed by atoms with van der Waals surface area (Å²) in [5, 5.41) is 6.07. The second-order valence-electron chi connectivity index (χ2n) is 7.97. The van der Waals surface area contributed by atoms with Gasteiger partial charge in [0.2, 0.25) is 5.91 Å². The average molecular weight is 489 g/mol. The molecule has 0 fully saturated rings. The normalized spacial score (nSPS) is 13.3. The Kier molecular flexibility index (Phi) is 5.57. The number of nitrogens with one attached hydrogen (secondary N) is 1. The quantitative estimate of drug-likeness (QED) is 0.224. The van der Waals surface area contributed by atoms with Crippen LogP contribution in [0, 0.1) is 0 Å². The first-order valence-electron chi connectivity index (χ1n) is 10.9. The Balaban J connectivity index is 1.14. The second-order valence-corrected chi connectivity index (χ2v) is 11.0. The van der Waals surface area contributed by atoms with Gasteiger partial charge in [-0.2, -0.15) is 0 Å². The molecule has 0 bridgehead atoms. The van der Waals surface area contributed by atoms with Crippen LogP contribution in [0.1, 0.15) is 23.3 Å². The molecule has 6 rings (SSSR count). The van der Waals surface area contributed by atoms with Crippen LogP contribution in [0.2, 0.25) is 0 Å². The number of nitrogens with zero attached hydrogens (tertiary/aromatic N) is 3. The Labute approximate surface area is 203 Å². The highest BCUT2D eigenvalue weighted by molar-refractivity contribution is 8.00. The SMILES string of the molecule is O=C(CSc1ncnc2sc3c(c12)CCCC3)Nc1ccc(-c2nc3ccccc3s2)cc1. The van der Waals surface area contributed by atoms with Crippen LogP contribution in [0.15, 0.2) is 59.9 Å². The van der Waals surface area contributed by atoms with Crippen LogP contribution in [0.5, 0.6) is 0 Å². The van der Waals surface area contributed by atoms with E-state index in [4.69, 9.17) is 4.98 Å². The number of hydrogen-bond acceptors (Lipinski definition) is 7. The van der Waals surface area contributed by atoms with Gasteiger partial charge in [0.05, 0.1) is 16.0 Å². The third-order valence-corrected chi connectivity index (χ3v) is 9.04. The topological polar surface area (TPSA) is 67.8 Å². The zero-order chi connectivity index (χ0) is 22.2. The molecule has 5 aromatic rings. The van der Waals surface area contributed by atoms with E-state index in [0.717, 1.165) is 49.9 Å². The number of aromatic nitrogens is 3. The highest BCUT2D eigenvalue weighted by Crippen LogP contribution is 2.39. The molecule has 0 spiro atoms. The van der Waals surface area contributed by atoms with Gasteiger partial charge in [0.15, 0.2) is 0 Å². The summed E-state index contributed by atoms with van der Waals surface area (Å²) in [6.07, 6.45) is 6.30. The number of thiophene rings is 1. The molecular formula is C25H20N4OS3. The predicted octanol–water partition coefficient (Wildman–Crippen LogP) is 6.58. The van der Waals surface area contributed by atoms with Gasteiger partial charge in [-0.25, -0.2) is 15.0 Å². The molecule has 1 N–H and O–H groups in total. The summed E-state index contributed by atoms with van der Waals surface area (Å²) in [6.45, 7) is 0. The van der Waals surface area contributed by atoms with Gasteiger partial charge < -0.3 is 5.32 Å². The van der Waals surface area contributed by atoms with Gasteiger partial charge >= 0.3 is 0 Å². The fraction of sp³-hybridized carbons (Fsp3) is 0.200. The third-order valence-electron chi connectivity index (χ3n) is 5.77. The van der Waals surface area contributed by atoms with Crippen molar-refractivity contribution in [1.29, 1.82) is 0 Å². The van der Waals surface area contributed by atoms with Crippen LogP contribution in [0.25, 0.3) is 31.0 Å². The molecule has 0 radical (unpaired) electrons. The minimum Gasteiger partial charge on any atom is -0.325 e. The first kappa shape index (κ1) is 20.8. The van der Waals surface area contributed by atoms with Gasteiger partial charge in [-0.3, -0.25) is 4.79 Å². The highest BCUT2D eigenvalue weighted by atomic mass is 32.2. The molecule has 0 saturated heterocycles. The fourth-order valence-corrected chi connectivity index (χ4v) is 7.28. The molecular weight excluding hydrogens is 469 g/mol. The molecule has 5 nitrogen and oxygen atoms in total. The number of anilines is 1. The third kappa shape index (κ3) is 4.14. The van der Waals surface area contributed by atoms with Gasteiger partial charge in [-0.15, -0.1) is 22.7 Å². The minimum absolute atomic E-state index is 0.0383. The van der Waals surface area contributed by atoms with Gasteiger partial charge in [0.1, 0.15) is 21.2 Å². The van der Waals surface area contributed by atoms with Crippen LogP contribution in [0.4, 0.5) is 5.69 Å². The molecule has 164 valence electrons. The predicted molar refractivity (Wildman–Crippen MR) is 138 cm³/mol. The van der Waals surface area contributed by atoms with Crippen molar-refractivity contribution >= 4 is 66.5 Å². The number of aryl methyl sites for hydroxylation is 2. The molecule has 0 unspecified atom stereocenters. The molecule has 0 aliphatic heterocycles. The number of carbonyl (C=O) groups is 1. The summed E-state index contributed by atoms with van der Waals surface area (Å²) in [5.41, 5.74) is 4.24. The number of fused-ring (bicyclic) bond motifs is 4. The summed E-state index contributed by atoms with van der Waals surface area (Å²) >= 11 is 4.95. The van der Waals surface area contributed by atoms with E-state index in [9.17, 15) is 4.79 Å². The van der Waals surface area contributed by atoms with Gasteiger partial charge in [0.25, 0.3) is 0 Å². The van der Waals surface area contributed by atoms with E-state index in [1.54, 1.807) is 29.0 Å². The lowest BCUT2D eigenvalue weighted by Gasteiger charge is -2.11. The van der Waals surface area contributed by atoms with Crippen LogP contribution >= 0.6 is 34.4 Å². The van der Waals surface area contributed by atoms with Gasteiger partial charge in [0, 0.05) is 21.5 Å². The molecule has 33 heavy (non-hydrogen) atoms. The number of thioether (sulfide) groups is 1. The summed E-state index contributed by atoms with van der Waals surface area (Å²) in [5.74, 6) is 0.277.